The molecule has 0 saturated heterocycles. The van der Waals surface area contributed by atoms with Crippen molar-refractivity contribution in [3.05, 3.63) is 21.6 Å². The second kappa shape index (κ2) is 6.94. The largest absolute Gasteiger partial charge is 0.380 e. The standard InChI is InChI=1S/C14H24ClN3O/c1-6-10(4)11(5)17-12-7-16-18(8-9(2)3)14(19)13(12)15/h7,9-11,17H,6,8H2,1-5H3. The molecule has 1 heterocycles. The second-order valence-corrected chi connectivity index (χ2v) is 5.95. The minimum atomic E-state index is -0.225. The molecule has 19 heavy (non-hydrogen) atoms. The summed E-state index contributed by atoms with van der Waals surface area (Å²) in [6.07, 6.45) is 2.72. The third kappa shape index (κ3) is 4.23. The molecule has 1 rings (SSSR count). The summed E-state index contributed by atoms with van der Waals surface area (Å²) >= 11 is 6.14. The maximum Gasteiger partial charge on any atom is 0.287 e. The summed E-state index contributed by atoms with van der Waals surface area (Å²) in [5.74, 6) is 0.869. The van der Waals surface area contributed by atoms with Crippen LogP contribution in [-0.4, -0.2) is 15.8 Å². The Morgan fingerprint density at radius 2 is 2.00 bits per heavy atom. The van der Waals surface area contributed by atoms with Gasteiger partial charge < -0.3 is 5.32 Å². The summed E-state index contributed by atoms with van der Waals surface area (Å²) in [7, 11) is 0. The molecule has 4 nitrogen and oxygen atoms in total. The molecule has 0 aromatic carbocycles. The van der Waals surface area contributed by atoms with Gasteiger partial charge in [-0.25, -0.2) is 4.68 Å². The van der Waals surface area contributed by atoms with Crippen LogP contribution in [0.4, 0.5) is 5.69 Å². The molecule has 0 amide bonds. The predicted molar refractivity (Wildman–Crippen MR) is 80.9 cm³/mol. The molecule has 1 N–H and O–H groups in total. The molecule has 0 aliphatic carbocycles. The zero-order valence-electron chi connectivity index (χ0n) is 12.4. The van der Waals surface area contributed by atoms with E-state index in [0.29, 0.717) is 24.1 Å². The molecule has 0 bridgehead atoms. The van der Waals surface area contributed by atoms with Gasteiger partial charge in [0.1, 0.15) is 5.02 Å². The Hall–Kier alpha value is -1.03. The maximum absolute atomic E-state index is 12.1. The molecule has 0 saturated carbocycles. The van der Waals surface area contributed by atoms with Gasteiger partial charge in [-0.2, -0.15) is 5.10 Å². The highest BCUT2D eigenvalue weighted by Crippen LogP contribution is 2.19. The van der Waals surface area contributed by atoms with Crippen molar-refractivity contribution in [2.45, 2.75) is 53.6 Å². The van der Waals surface area contributed by atoms with E-state index in [1.807, 2.05) is 13.8 Å². The molecule has 0 fully saturated rings. The number of anilines is 1. The van der Waals surface area contributed by atoms with Crippen molar-refractivity contribution in [2.24, 2.45) is 11.8 Å². The van der Waals surface area contributed by atoms with E-state index in [1.165, 1.54) is 4.68 Å². The van der Waals surface area contributed by atoms with Crippen molar-refractivity contribution < 1.29 is 0 Å². The van der Waals surface area contributed by atoms with Gasteiger partial charge in [-0.3, -0.25) is 4.79 Å². The number of halogens is 1. The van der Waals surface area contributed by atoms with Gasteiger partial charge in [0.25, 0.3) is 5.56 Å². The van der Waals surface area contributed by atoms with E-state index >= 15 is 0 Å². The van der Waals surface area contributed by atoms with Crippen LogP contribution < -0.4 is 10.9 Å². The van der Waals surface area contributed by atoms with Crippen LogP contribution in [0.1, 0.15) is 41.0 Å². The van der Waals surface area contributed by atoms with E-state index in [0.717, 1.165) is 6.42 Å². The van der Waals surface area contributed by atoms with E-state index in [9.17, 15) is 4.79 Å². The highest BCUT2D eigenvalue weighted by Gasteiger charge is 2.15. The van der Waals surface area contributed by atoms with Crippen LogP contribution >= 0.6 is 11.6 Å². The lowest BCUT2D eigenvalue weighted by molar-refractivity contribution is 0.462. The summed E-state index contributed by atoms with van der Waals surface area (Å²) in [4.78, 5) is 12.1. The third-order valence-corrected chi connectivity index (χ3v) is 3.77. The predicted octanol–water partition coefficient (Wildman–Crippen LogP) is 3.40. The van der Waals surface area contributed by atoms with E-state index in [2.05, 4.69) is 31.2 Å². The van der Waals surface area contributed by atoms with Crippen molar-refractivity contribution in [1.29, 1.82) is 0 Å². The Morgan fingerprint density at radius 1 is 1.37 bits per heavy atom. The lowest BCUT2D eigenvalue weighted by atomic mass is 10.0. The Bertz CT molecular complexity index is 470. The van der Waals surface area contributed by atoms with Crippen LogP contribution in [-0.2, 0) is 6.54 Å². The second-order valence-electron chi connectivity index (χ2n) is 5.57. The molecule has 5 heteroatoms. The molecule has 0 radical (unpaired) electrons. The number of rotatable bonds is 6. The van der Waals surface area contributed by atoms with Crippen LogP contribution in [0.25, 0.3) is 0 Å². The van der Waals surface area contributed by atoms with Crippen molar-refractivity contribution in [2.75, 3.05) is 5.32 Å². The third-order valence-electron chi connectivity index (χ3n) is 3.40. The summed E-state index contributed by atoms with van der Waals surface area (Å²) < 4.78 is 1.42. The molecule has 0 aliphatic heterocycles. The quantitative estimate of drug-likeness (QED) is 0.871. The molecule has 0 spiro atoms. The van der Waals surface area contributed by atoms with E-state index in [4.69, 9.17) is 11.6 Å². The van der Waals surface area contributed by atoms with Gasteiger partial charge >= 0.3 is 0 Å². The number of hydrogen-bond donors (Lipinski definition) is 1. The first-order chi connectivity index (χ1) is 8.86. The fraction of sp³-hybridized carbons (Fsp3) is 0.714. The Kier molecular flexibility index (Phi) is 5.85. The lowest BCUT2D eigenvalue weighted by Gasteiger charge is -2.21. The molecular weight excluding hydrogens is 262 g/mol. The van der Waals surface area contributed by atoms with Gasteiger partial charge in [0.2, 0.25) is 0 Å². The Morgan fingerprint density at radius 3 is 2.53 bits per heavy atom. The minimum Gasteiger partial charge on any atom is -0.380 e. The van der Waals surface area contributed by atoms with E-state index in [-0.39, 0.29) is 16.6 Å². The van der Waals surface area contributed by atoms with E-state index in [1.54, 1.807) is 6.20 Å². The molecule has 108 valence electrons. The van der Waals surface area contributed by atoms with Gasteiger partial charge in [-0.1, -0.05) is 45.7 Å². The SMILES string of the molecule is CCC(C)C(C)Nc1cnn(CC(C)C)c(=O)c1Cl. The summed E-state index contributed by atoms with van der Waals surface area (Å²) in [5, 5.41) is 7.68. The van der Waals surface area contributed by atoms with Gasteiger partial charge in [0, 0.05) is 12.6 Å². The zero-order valence-corrected chi connectivity index (χ0v) is 13.2. The van der Waals surface area contributed by atoms with Crippen molar-refractivity contribution in [1.82, 2.24) is 9.78 Å². The summed E-state index contributed by atoms with van der Waals surface area (Å²) in [6.45, 7) is 11.1. The van der Waals surface area contributed by atoms with E-state index < -0.39 is 0 Å². The monoisotopic (exact) mass is 285 g/mol. The summed E-state index contributed by atoms with van der Waals surface area (Å²) in [6, 6.07) is 0.254. The first kappa shape index (κ1) is 16.0. The molecule has 2 atom stereocenters. The molecule has 1 aromatic rings. The van der Waals surface area contributed by atoms with Crippen molar-refractivity contribution in [3.8, 4) is 0 Å². The van der Waals surface area contributed by atoms with Crippen molar-refractivity contribution in [3.63, 3.8) is 0 Å². The Balaban J connectivity index is 2.94. The lowest BCUT2D eigenvalue weighted by Crippen LogP contribution is -2.29. The summed E-state index contributed by atoms with van der Waals surface area (Å²) in [5.41, 5.74) is 0.399. The molecule has 1 aromatic heterocycles. The molecule has 0 aliphatic rings. The van der Waals surface area contributed by atoms with Crippen molar-refractivity contribution >= 4 is 17.3 Å². The van der Waals surface area contributed by atoms with Crippen LogP contribution in [0.3, 0.4) is 0 Å². The average Bonchev–Trinajstić information content (AvgIpc) is 2.36. The minimum absolute atomic E-state index is 0.225. The molecule has 2 unspecified atom stereocenters. The normalized spacial score (nSPS) is 14.5. The average molecular weight is 286 g/mol. The highest BCUT2D eigenvalue weighted by atomic mass is 35.5. The number of nitrogens with one attached hydrogen (secondary N) is 1. The highest BCUT2D eigenvalue weighted by molar-refractivity contribution is 6.32. The topological polar surface area (TPSA) is 46.9 Å². The van der Waals surface area contributed by atoms with Crippen LogP contribution in [0.2, 0.25) is 5.02 Å². The number of aromatic nitrogens is 2. The first-order valence-electron chi connectivity index (χ1n) is 6.88. The Labute approximate surface area is 120 Å². The first-order valence-corrected chi connectivity index (χ1v) is 7.26. The number of hydrogen-bond acceptors (Lipinski definition) is 3. The van der Waals surface area contributed by atoms with Crippen LogP contribution in [0.15, 0.2) is 11.0 Å². The van der Waals surface area contributed by atoms with Gasteiger partial charge in [-0.15, -0.1) is 0 Å². The zero-order chi connectivity index (χ0) is 14.6. The van der Waals surface area contributed by atoms with Crippen LogP contribution in [0, 0.1) is 11.8 Å². The fourth-order valence-electron chi connectivity index (χ4n) is 1.78. The van der Waals surface area contributed by atoms with Gasteiger partial charge in [0.15, 0.2) is 0 Å². The smallest absolute Gasteiger partial charge is 0.287 e. The van der Waals surface area contributed by atoms with Gasteiger partial charge in [0.05, 0.1) is 11.9 Å². The fourth-order valence-corrected chi connectivity index (χ4v) is 1.98. The maximum atomic E-state index is 12.1. The molecular formula is C14H24ClN3O. The number of nitrogens with zero attached hydrogens (tertiary/aromatic N) is 2. The van der Waals surface area contributed by atoms with Crippen LogP contribution in [0.5, 0.6) is 0 Å². The van der Waals surface area contributed by atoms with Gasteiger partial charge in [-0.05, 0) is 18.8 Å².